The van der Waals surface area contributed by atoms with Crippen molar-refractivity contribution in [2.24, 2.45) is 5.92 Å². The topological polar surface area (TPSA) is 76.1 Å². The molecule has 6 heteroatoms. The second-order valence-corrected chi connectivity index (χ2v) is 9.50. The van der Waals surface area contributed by atoms with E-state index in [0.717, 1.165) is 30.0 Å². The van der Waals surface area contributed by atoms with Crippen LogP contribution in [0.2, 0.25) is 0 Å². The third-order valence-electron chi connectivity index (χ3n) is 7.69. The third-order valence-corrected chi connectivity index (χ3v) is 7.69. The number of likely N-dealkylation sites (tertiary alicyclic amines) is 1. The van der Waals surface area contributed by atoms with Gasteiger partial charge in [0.25, 0.3) is 0 Å². The number of ketones is 1. The van der Waals surface area contributed by atoms with Crippen LogP contribution in [0.5, 0.6) is 5.75 Å². The first-order valence-corrected chi connectivity index (χ1v) is 11.0. The molecule has 2 aliphatic carbocycles. The Morgan fingerprint density at radius 2 is 2.07 bits per heavy atom. The van der Waals surface area contributed by atoms with Crippen LogP contribution in [-0.2, 0) is 19.7 Å². The lowest BCUT2D eigenvalue weighted by atomic mass is 9.52. The van der Waals surface area contributed by atoms with Crippen LogP contribution in [0.4, 0.5) is 0 Å². The third kappa shape index (κ3) is 3.44. The predicted molar refractivity (Wildman–Crippen MR) is 113 cm³/mol. The van der Waals surface area contributed by atoms with Crippen LogP contribution in [0.25, 0.3) is 0 Å². The number of rotatable bonds is 5. The maximum absolute atomic E-state index is 13.0. The summed E-state index contributed by atoms with van der Waals surface area (Å²) in [5.41, 5.74) is 0.129. The number of carbonyl (C=O) groups is 2. The van der Waals surface area contributed by atoms with Gasteiger partial charge in [-0.1, -0.05) is 6.07 Å². The van der Waals surface area contributed by atoms with E-state index in [1.807, 2.05) is 32.0 Å². The van der Waals surface area contributed by atoms with E-state index in [9.17, 15) is 14.7 Å². The first-order chi connectivity index (χ1) is 14.2. The number of piperidine rings is 1. The minimum Gasteiger partial charge on any atom is -0.497 e. The molecule has 3 fully saturated rings. The first-order valence-electron chi connectivity index (χ1n) is 11.0. The average Bonchev–Trinajstić information content (AvgIpc) is 3.51. The quantitative estimate of drug-likeness (QED) is 0.746. The number of aliphatic hydroxyl groups is 1. The molecule has 0 bridgehead atoms. The van der Waals surface area contributed by atoms with Crippen molar-refractivity contribution in [3.63, 3.8) is 0 Å². The smallest absolute Gasteiger partial charge is 0.303 e. The second kappa shape index (κ2) is 7.65. The van der Waals surface area contributed by atoms with Gasteiger partial charge in [0.2, 0.25) is 0 Å². The molecule has 0 radical (unpaired) electrons. The molecule has 1 aromatic carbocycles. The number of nitrogens with zero attached hydrogens (tertiary/aromatic N) is 1. The fraction of sp³-hybridized carbons (Fsp3) is 0.667. The van der Waals surface area contributed by atoms with Gasteiger partial charge in [-0.2, -0.15) is 0 Å². The molecule has 4 atom stereocenters. The van der Waals surface area contributed by atoms with Crippen LogP contribution in [0, 0.1) is 12.8 Å². The lowest BCUT2D eigenvalue weighted by Gasteiger charge is -2.60. The summed E-state index contributed by atoms with van der Waals surface area (Å²) in [5.74, 6) is 0.774. The van der Waals surface area contributed by atoms with Gasteiger partial charge >= 0.3 is 5.97 Å². The predicted octanol–water partition coefficient (Wildman–Crippen LogP) is 2.77. The van der Waals surface area contributed by atoms with Gasteiger partial charge in [-0.15, -0.1) is 0 Å². The number of hydrogen-bond donors (Lipinski definition) is 1. The van der Waals surface area contributed by atoms with E-state index in [2.05, 4.69) is 4.90 Å². The van der Waals surface area contributed by atoms with Gasteiger partial charge in [-0.05, 0) is 68.8 Å². The number of fused-ring (bicyclic) bond motifs is 1. The van der Waals surface area contributed by atoms with Crippen molar-refractivity contribution in [2.45, 2.75) is 76.0 Å². The van der Waals surface area contributed by atoms with Gasteiger partial charge in [0.05, 0.1) is 12.7 Å². The molecule has 164 valence electrons. The van der Waals surface area contributed by atoms with E-state index in [4.69, 9.17) is 9.47 Å². The van der Waals surface area contributed by atoms with Gasteiger partial charge in [0.1, 0.15) is 5.75 Å². The van der Waals surface area contributed by atoms with Crippen molar-refractivity contribution < 1.29 is 24.2 Å². The second-order valence-electron chi connectivity index (χ2n) is 9.50. The molecule has 0 aromatic heterocycles. The van der Waals surface area contributed by atoms with Crippen molar-refractivity contribution in [3.8, 4) is 5.75 Å². The molecule has 3 aliphatic rings. The van der Waals surface area contributed by atoms with Crippen LogP contribution in [0.15, 0.2) is 18.2 Å². The molecule has 30 heavy (non-hydrogen) atoms. The zero-order valence-corrected chi connectivity index (χ0v) is 18.4. The van der Waals surface area contributed by atoms with E-state index >= 15 is 0 Å². The average molecular weight is 416 g/mol. The first kappa shape index (κ1) is 21.3. The van der Waals surface area contributed by atoms with Crippen LogP contribution in [0.3, 0.4) is 0 Å². The summed E-state index contributed by atoms with van der Waals surface area (Å²) in [4.78, 5) is 27.0. The lowest BCUT2D eigenvalue weighted by molar-refractivity contribution is -0.187. The Labute approximate surface area is 178 Å². The molecule has 4 unspecified atom stereocenters. The number of methoxy groups -OCH3 is 1. The van der Waals surface area contributed by atoms with Gasteiger partial charge in [0.15, 0.2) is 11.9 Å². The number of carbonyl (C=O) groups excluding carboxylic acids is 2. The van der Waals surface area contributed by atoms with Crippen LogP contribution in [0.1, 0.15) is 57.1 Å². The molecule has 6 nitrogen and oxygen atoms in total. The molecule has 0 amide bonds. The summed E-state index contributed by atoms with van der Waals surface area (Å²) in [5, 5.41) is 12.2. The standard InChI is InChI=1S/C24H33NO5/c1-15-5-8-19(29-4)11-20(15)23-9-10-25(14-18-6-7-18)16(2)24(23,28)12-21(27)22(13-23)30-17(3)26/h5,8,11,16,18,22,28H,6-7,9-10,12-14H2,1-4H3. The van der Waals surface area contributed by atoms with Crippen molar-refractivity contribution in [1.82, 2.24) is 4.90 Å². The summed E-state index contributed by atoms with van der Waals surface area (Å²) < 4.78 is 10.9. The Hall–Kier alpha value is -1.92. The molecule has 0 spiro atoms. The van der Waals surface area contributed by atoms with Gasteiger partial charge in [-0.25, -0.2) is 0 Å². The van der Waals surface area contributed by atoms with Crippen molar-refractivity contribution >= 4 is 11.8 Å². The zero-order chi connectivity index (χ0) is 21.7. The van der Waals surface area contributed by atoms with E-state index in [0.29, 0.717) is 18.8 Å². The van der Waals surface area contributed by atoms with E-state index in [-0.39, 0.29) is 18.2 Å². The maximum Gasteiger partial charge on any atom is 0.303 e. The zero-order valence-electron chi connectivity index (χ0n) is 18.4. The highest BCUT2D eigenvalue weighted by Gasteiger charge is 2.64. The highest BCUT2D eigenvalue weighted by Crippen LogP contribution is 2.55. The van der Waals surface area contributed by atoms with Gasteiger partial charge < -0.3 is 14.6 Å². The summed E-state index contributed by atoms with van der Waals surface area (Å²) in [6.45, 7) is 7.22. The molecule has 1 N–H and O–H groups in total. The Morgan fingerprint density at radius 1 is 1.33 bits per heavy atom. The van der Waals surface area contributed by atoms with Crippen LogP contribution < -0.4 is 4.74 Å². The molecule has 1 aliphatic heterocycles. The summed E-state index contributed by atoms with van der Waals surface area (Å²) in [7, 11) is 1.63. The highest BCUT2D eigenvalue weighted by molar-refractivity contribution is 5.88. The van der Waals surface area contributed by atoms with E-state index < -0.39 is 23.1 Å². The lowest BCUT2D eigenvalue weighted by Crippen LogP contribution is -2.72. The van der Waals surface area contributed by atoms with Gasteiger partial charge in [-0.3, -0.25) is 14.5 Å². The van der Waals surface area contributed by atoms with Crippen molar-refractivity contribution in [3.05, 3.63) is 29.3 Å². The highest BCUT2D eigenvalue weighted by atomic mass is 16.5. The summed E-state index contributed by atoms with van der Waals surface area (Å²) in [6, 6.07) is 5.74. The molecule has 1 aromatic rings. The maximum atomic E-state index is 13.0. The largest absolute Gasteiger partial charge is 0.497 e. The molecular weight excluding hydrogens is 382 g/mol. The number of esters is 1. The monoisotopic (exact) mass is 415 g/mol. The van der Waals surface area contributed by atoms with Crippen LogP contribution in [-0.4, -0.2) is 59.7 Å². The van der Waals surface area contributed by atoms with Crippen LogP contribution >= 0.6 is 0 Å². The number of hydrogen-bond acceptors (Lipinski definition) is 6. The minimum absolute atomic E-state index is 0.00999. The molecule has 2 saturated carbocycles. The van der Waals surface area contributed by atoms with Crippen molar-refractivity contribution in [1.29, 1.82) is 0 Å². The van der Waals surface area contributed by atoms with E-state index in [1.165, 1.54) is 19.8 Å². The Balaban J connectivity index is 1.81. The molecule has 4 rings (SSSR count). The molecule has 1 saturated heterocycles. The number of benzene rings is 1. The Bertz CT molecular complexity index is 850. The van der Waals surface area contributed by atoms with Gasteiger partial charge in [0, 0.05) is 37.8 Å². The SMILES string of the molecule is COc1ccc(C)c(C23CCN(CC4CC4)C(C)C2(O)CC(=O)C(OC(C)=O)C3)c1. The normalized spacial score (nSPS) is 34.4. The summed E-state index contributed by atoms with van der Waals surface area (Å²) in [6.07, 6.45) is 2.67. The number of aryl methyl sites for hydroxylation is 1. The molecule has 1 heterocycles. The fourth-order valence-corrected chi connectivity index (χ4v) is 5.76. The fourth-order valence-electron chi connectivity index (χ4n) is 5.76. The molecular formula is C24H33NO5. The van der Waals surface area contributed by atoms with E-state index in [1.54, 1.807) is 7.11 Å². The Kier molecular flexibility index (Phi) is 5.43. The number of ether oxygens (including phenoxy) is 2. The Morgan fingerprint density at radius 3 is 2.70 bits per heavy atom. The minimum atomic E-state index is -1.23. The van der Waals surface area contributed by atoms with Crippen molar-refractivity contribution in [2.75, 3.05) is 20.2 Å². The summed E-state index contributed by atoms with van der Waals surface area (Å²) >= 11 is 0. The number of Topliss-reactive ketones (excluding diaryl/α,β-unsaturated/α-hetero) is 1.